The van der Waals surface area contributed by atoms with Gasteiger partial charge in [-0.1, -0.05) is 41.9 Å². The maximum absolute atomic E-state index is 13.6. The van der Waals surface area contributed by atoms with Crippen molar-refractivity contribution in [2.45, 2.75) is 13.0 Å². The van der Waals surface area contributed by atoms with Gasteiger partial charge in [0.1, 0.15) is 23.2 Å². The summed E-state index contributed by atoms with van der Waals surface area (Å²) in [6.07, 6.45) is 1.50. The summed E-state index contributed by atoms with van der Waals surface area (Å²) in [6.45, 7) is 1.81. The third-order valence-electron chi connectivity index (χ3n) is 6.08. The largest absolute Gasteiger partial charge is 0.497 e. The van der Waals surface area contributed by atoms with E-state index in [0.717, 1.165) is 5.56 Å². The predicted molar refractivity (Wildman–Crippen MR) is 144 cm³/mol. The summed E-state index contributed by atoms with van der Waals surface area (Å²) < 4.78 is 6.85. The zero-order valence-corrected chi connectivity index (χ0v) is 20.9. The summed E-state index contributed by atoms with van der Waals surface area (Å²) >= 11 is 6.14. The lowest BCUT2D eigenvalue weighted by Crippen LogP contribution is -2.32. The normalized spacial score (nSPS) is 14.4. The molecule has 0 saturated carbocycles. The van der Waals surface area contributed by atoms with Crippen LogP contribution in [0.3, 0.4) is 0 Å². The summed E-state index contributed by atoms with van der Waals surface area (Å²) in [4.78, 5) is 26.7. The summed E-state index contributed by atoms with van der Waals surface area (Å²) in [5.74, 6) is 0.571. The first-order valence-electron chi connectivity index (χ1n) is 11.6. The van der Waals surface area contributed by atoms with E-state index in [2.05, 4.69) is 21.0 Å². The molecule has 1 unspecified atom stereocenters. The maximum atomic E-state index is 13.6. The standard InChI is InChI=1S/C28H24ClN5O3/c1-17-24(28(36)33-21-12-14-22(37-2)15-13-21)25(18-8-10-19(29)11-9-18)34-26(31-17)23(16-30-34)27(35)32-20-6-4-3-5-7-20/h3-16,25,31H,1-2H3,(H,32,35)(H,33,36). The molecule has 0 fully saturated rings. The first kappa shape index (κ1) is 24.1. The Morgan fingerprint density at radius 1 is 0.919 bits per heavy atom. The van der Waals surface area contributed by atoms with Crippen LogP contribution in [-0.4, -0.2) is 28.7 Å². The van der Waals surface area contributed by atoms with E-state index in [9.17, 15) is 9.59 Å². The maximum Gasteiger partial charge on any atom is 0.261 e. The van der Waals surface area contributed by atoms with Crippen LogP contribution in [0.15, 0.2) is 96.3 Å². The smallest absolute Gasteiger partial charge is 0.261 e. The lowest BCUT2D eigenvalue weighted by Gasteiger charge is -2.30. The molecule has 1 atom stereocenters. The number of amides is 2. The van der Waals surface area contributed by atoms with E-state index in [4.69, 9.17) is 16.3 Å². The molecule has 1 aliphatic rings. The van der Waals surface area contributed by atoms with Crippen molar-refractivity contribution >= 4 is 40.6 Å². The van der Waals surface area contributed by atoms with E-state index in [-0.39, 0.29) is 11.8 Å². The number of carbonyl (C=O) groups excluding carboxylic acids is 2. The minimum absolute atomic E-state index is 0.299. The molecule has 8 nitrogen and oxygen atoms in total. The summed E-state index contributed by atoms with van der Waals surface area (Å²) in [5, 5.41) is 14.2. The minimum Gasteiger partial charge on any atom is -0.497 e. The van der Waals surface area contributed by atoms with Crippen molar-refractivity contribution in [1.29, 1.82) is 0 Å². The Morgan fingerprint density at radius 3 is 2.24 bits per heavy atom. The number of carbonyl (C=O) groups is 2. The Morgan fingerprint density at radius 2 is 1.57 bits per heavy atom. The van der Waals surface area contributed by atoms with Crippen molar-refractivity contribution in [1.82, 2.24) is 9.78 Å². The van der Waals surface area contributed by atoms with Crippen LogP contribution in [0.1, 0.15) is 28.9 Å². The highest BCUT2D eigenvalue weighted by atomic mass is 35.5. The number of allylic oxidation sites excluding steroid dienone is 1. The van der Waals surface area contributed by atoms with Crippen LogP contribution in [0.4, 0.5) is 17.2 Å². The first-order chi connectivity index (χ1) is 17.9. The topological polar surface area (TPSA) is 97.3 Å². The molecular weight excluding hydrogens is 490 g/mol. The Bertz CT molecular complexity index is 1480. The van der Waals surface area contributed by atoms with Crippen LogP contribution in [0.2, 0.25) is 5.02 Å². The zero-order valence-electron chi connectivity index (χ0n) is 20.2. The molecule has 0 aliphatic carbocycles. The van der Waals surface area contributed by atoms with Gasteiger partial charge in [-0.3, -0.25) is 9.59 Å². The molecule has 1 aliphatic heterocycles. The number of anilines is 3. The van der Waals surface area contributed by atoms with Crippen molar-refractivity contribution in [3.63, 3.8) is 0 Å². The molecule has 9 heteroatoms. The molecule has 5 rings (SSSR count). The number of aromatic nitrogens is 2. The van der Waals surface area contributed by atoms with Crippen molar-refractivity contribution < 1.29 is 14.3 Å². The van der Waals surface area contributed by atoms with Gasteiger partial charge in [-0.2, -0.15) is 5.10 Å². The third kappa shape index (κ3) is 4.92. The number of methoxy groups -OCH3 is 1. The Hall–Kier alpha value is -4.56. The molecule has 3 aromatic carbocycles. The van der Waals surface area contributed by atoms with E-state index in [1.165, 1.54) is 6.20 Å². The molecular formula is C28H24ClN5O3. The number of halogens is 1. The van der Waals surface area contributed by atoms with Crippen molar-refractivity contribution in [3.8, 4) is 5.75 Å². The molecule has 1 aromatic heterocycles. The quantitative estimate of drug-likeness (QED) is 0.306. The monoisotopic (exact) mass is 513 g/mol. The summed E-state index contributed by atoms with van der Waals surface area (Å²) in [5.41, 5.74) is 3.51. The molecule has 2 amide bonds. The highest BCUT2D eigenvalue weighted by Crippen LogP contribution is 2.38. The fraction of sp³-hybridized carbons (Fsp3) is 0.107. The van der Waals surface area contributed by atoms with Crippen molar-refractivity contribution in [2.24, 2.45) is 0 Å². The molecule has 3 N–H and O–H groups in total. The van der Waals surface area contributed by atoms with E-state index < -0.39 is 6.04 Å². The van der Waals surface area contributed by atoms with Crippen LogP contribution in [0.25, 0.3) is 0 Å². The molecule has 0 saturated heterocycles. The zero-order chi connectivity index (χ0) is 25.9. The molecule has 186 valence electrons. The molecule has 37 heavy (non-hydrogen) atoms. The van der Waals surface area contributed by atoms with Crippen molar-refractivity contribution in [2.75, 3.05) is 23.1 Å². The average Bonchev–Trinajstić information content (AvgIpc) is 3.33. The van der Waals surface area contributed by atoms with E-state index >= 15 is 0 Å². The molecule has 4 aromatic rings. The Labute approximate surface area is 218 Å². The number of hydrogen-bond acceptors (Lipinski definition) is 5. The highest BCUT2D eigenvalue weighted by Gasteiger charge is 2.35. The number of nitrogens with zero attached hydrogens (tertiary/aromatic N) is 2. The van der Waals surface area contributed by atoms with Gasteiger partial charge in [0.25, 0.3) is 11.8 Å². The second-order valence-electron chi connectivity index (χ2n) is 8.47. The number of benzene rings is 3. The van der Waals surface area contributed by atoms with Gasteiger partial charge in [-0.05, 0) is 61.0 Å². The summed E-state index contributed by atoms with van der Waals surface area (Å²) in [7, 11) is 1.59. The molecule has 2 heterocycles. The molecule has 0 bridgehead atoms. The average molecular weight is 514 g/mol. The Kier molecular flexibility index (Phi) is 6.66. The third-order valence-corrected chi connectivity index (χ3v) is 6.33. The number of nitrogens with one attached hydrogen (secondary N) is 3. The van der Waals surface area contributed by atoms with E-state index in [1.807, 2.05) is 42.5 Å². The van der Waals surface area contributed by atoms with Crippen LogP contribution in [0.5, 0.6) is 5.75 Å². The van der Waals surface area contributed by atoms with Crippen LogP contribution in [-0.2, 0) is 4.79 Å². The van der Waals surface area contributed by atoms with Gasteiger partial charge in [0, 0.05) is 22.1 Å². The molecule has 0 radical (unpaired) electrons. The lowest BCUT2D eigenvalue weighted by molar-refractivity contribution is -0.113. The van der Waals surface area contributed by atoms with Gasteiger partial charge >= 0.3 is 0 Å². The number of para-hydroxylation sites is 1. The Balaban J connectivity index is 1.52. The summed E-state index contributed by atoms with van der Waals surface area (Å²) in [6, 6.07) is 22.9. The SMILES string of the molecule is COc1ccc(NC(=O)C2=C(C)Nc3c(C(=O)Nc4ccccc4)cnn3C2c2ccc(Cl)cc2)cc1. The second kappa shape index (κ2) is 10.2. The van der Waals surface area contributed by atoms with Crippen molar-refractivity contribution in [3.05, 3.63) is 112 Å². The van der Waals surface area contributed by atoms with E-state index in [1.54, 1.807) is 55.1 Å². The van der Waals surface area contributed by atoms with Gasteiger partial charge in [0.15, 0.2) is 0 Å². The number of hydrogen-bond donors (Lipinski definition) is 3. The predicted octanol–water partition coefficient (Wildman–Crippen LogP) is 5.73. The highest BCUT2D eigenvalue weighted by molar-refractivity contribution is 6.30. The van der Waals surface area contributed by atoms with Gasteiger partial charge in [0.05, 0.1) is 18.9 Å². The first-order valence-corrected chi connectivity index (χ1v) is 11.9. The van der Waals surface area contributed by atoms with Gasteiger partial charge in [0.2, 0.25) is 0 Å². The molecule has 0 spiro atoms. The van der Waals surface area contributed by atoms with Crippen LogP contribution >= 0.6 is 11.6 Å². The van der Waals surface area contributed by atoms with Gasteiger partial charge < -0.3 is 20.7 Å². The number of ether oxygens (including phenoxy) is 1. The number of fused-ring (bicyclic) bond motifs is 1. The fourth-order valence-electron chi connectivity index (χ4n) is 4.26. The second-order valence-corrected chi connectivity index (χ2v) is 8.91. The van der Waals surface area contributed by atoms with E-state index in [0.29, 0.717) is 44.8 Å². The fourth-order valence-corrected chi connectivity index (χ4v) is 4.39. The number of rotatable bonds is 6. The van der Waals surface area contributed by atoms with Crippen LogP contribution < -0.4 is 20.7 Å². The lowest BCUT2D eigenvalue weighted by atomic mass is 9.94. The minimum atomic E-state index is -0.593. The van der Waals surface area contributed by atoms with Gasteiger partial charge in [-0.25, -0.2) is 4.68 Å². The van der Waals surface area contributed by atoms with Gasteiger partial charge in [-0.15, -0.1) is 0 Å². The van der Waals surface area contributed by atoms with Crippen LogP contribution in [0, 0.1) is 0 Å².